The summed E-state index contributed by atoms with van der Waals surface area (Å²) in [4.78, 5) is 0.904. The molecule has 0 bridgehead atoms. The van der Waals surface area contributed by atoms with E-state index in [-0.39, 0.29) is 6.42 Å². The van der Waals surface area contributed by atoms with Gasteiger partial charge in [-0.05, 0) is 24.5 Å². The first kappa shape index (κ1) is 24.1. The van der Waals surface area contributed by atoms with Gasteiger partial charge in [0, 0.05) is 11.3 Å². The fourth-order valence-electron chi connectivity index (χ4n) is 3.03. The van der Waals surface area contributed by atoms with Crippen LogP contribution in [0.1, 0.15) is 82.6 Å². The zero-order chi connectivity index (χ0) is 20.0. The van der Waals surface area contributed by atoms with Crippen LogP contribution in [0.3, 0.4) is 0 Å². The molecule has 1 aromatic rings. The lowest BCUT2D eigenvalue weighted by Gasteiger charge is -2.07. The van der Waals surface area contributed by atoms with Crippen LogP contribution in [-0.4, -0.2) is 17.4 Å². The first-order valence-corrected chi connectivity index (χ1v) is 10.5. The average Bonchev–Trinajstić information content (AvgIpc) is 2.61. The molecular weight excluding hydrogens is 369 g/mol. The average molecular weight is 403 g/mol. The molecule has 0 heterocycles. The number of aliphatic hydroxyl groups is 1. The summed E-state index contributed by atoms with van der Waals surface area (Å²) in [6, 6.07) is 7.79. The van der Waals surface area contributed by atoms with Crippen molar-refractivity contribution >= 4 is 18.7 Å². The molecule has 0 saturated heterocycles. The van der Waals surface area contributed by atoms with Crippen molar-refractivity contribution in [1.82, 2.24) is 0 Å². The number of rotatable bonds is 14. The second kappa shape index (κ2) is 14.1. The summed E-state index contributed by atoms with van der Waals surface area (Å²) in [5.74, 6) is 0. The molecule has 1 unspecified atom stereocenters. The van der Waals surface area contributed by atoms with Gasteiger partial charge >= 0.3 is 6.18 Å². The van der Waals surface area contributed by atoms with E-state index >= 15 is 0 Å². The lowest BCUT2D eigenvalue weighted by Crippen LogP contribution is -2.06. The van der Waals surface area contributed by atoms with Crippen LogP contribution >= 0.6 is 12.6 Å². The number of aliphatic hydroxyl groups excluding tert-OH is 1. The Bertz CT molecular complexity index is 529. The Hall–Kier alpha value is -0.940. The molecule has 154 valence electrons. The van der Waals surface area contributed by atoms with Crippen LogP contribution in [0.15, 0.2) is 35.2 Å². The fraction of sp³-hybridized carbons (Fsp3) is 0.636. The topological polar surface area (TPSA) is 20.2 Å². The van der Waals surface area contributed by atoms with Crippen LogP contribution in [0.25, 0.3) is 6.08 Å². The van der Waals surface area contributed by atoms with Crippen molar-refractivity contribution < 1.29 is 18.3 Å². The van der Waals surface area contributed by atoms with E-state index in [9.17, 15) is 18.3 Å². The van der Waals surface area contributed by atoms with E-state index in [4.69, 9.17) is 0 Å². The highest BCUT2D eigenvalue weighted by Gasteiger charge is 2.25. The molecule has 1 rings (SSSR count). The summed E-state index contributed by atoms with van der Waals surface area (Å²) >= 11 is 4.38. The number of unbranched alkanes of at least 4 members (excludes halogenated alkanes) is 9. The van der Waals surface area contributed by atoms with Crippen molar-refractivity contribution in [3.8, 4) is 0 Å². The zero-order valence-corrected chi connectivity index (χ0v) is 16.9. The molecule has 0 amide bonds. The van der Waals surface area contributed by atoms with Gasteiger partial charge in [0.15, 0.2) is 0 Å². The van der Waals surface area contributed by atoms with Gasteiger partial charge in [-0.1, -0.05) is 88.1 Å². The number of thiol groups is 1. The van der Waals surface area contributed by atoms with E-state index in [1.807, 2.05) is 36.4 Å². The Kier molecular flexibility index (Phi) is 12.6. The zero-order valence-electron chi connectivity index (χ0n) is 16.1. The largest absolute Gasteiger partial charge is 0.389 e. The van der Waals surface area contributed by atoms with Gasteiger partial charge in [-0.2, -0.15) is 13.2 Å². The standard InChI is InChI=1S/C22H33F3OS/c23-22(24,25)18-12-8-6-4-2-1-3-5-7-9-14-20(26)17-16-19-13-10-11-15-21(19)27/h10-11,13,15-17,20,26-27H,1-9,12,14,18H2. The van der Waals surface area contributed by atoms with Crippen molar-refractivity contribution in [2.75, 3.05) is 0 Å². The monoisotopic (exact) mass is 402 g/mol. The summed E-state index contributed by atoms with van der Waals surface area (Å²) in [7, 11) is 0. The molecule has 1 nitrogen and oxygen atoms in total. The lowest BCUT2D eigenvalue weighted by molar-refractivity contribution is -0.135. The van der Waals surface area contributed by atoms with E-state index in [1.165, 1.54) is 6.42 Å². The van der Waals surface area contributed by atoms with Crippen LogP contribution in [0.2, 0.25) is 0 Å². The van der Waals surface area contributed by atoms with Crippen molar-refractivity contribution in [3.63, 3.8) is 0 Å². The van der Waals surface area contributed by atoms with Gasteiger partial charge in [0.05, 0.1) is 6.10 Å². The van der Waals surface area contributed by atoms with Crippen molar-refractivity contribution in [2.45, 2.75) is 94.2 Å². The fourth-order valence-corrected chi connectivity index (χ4v) is 3.27. The van der Waals surface area contributed by atoms with E-state index in [0.29, 0.717) is 6.42 Å². The van der Waals surface area contributed by atoms with E-state index in [0.717, 1.165) is 61.8 Å². The van der Waals surface area contributed by atoms with E-state index in [2.05, 4.69) is 12.6 Å². The first-order chi connectivity index (χ1) is 12.9. The molecule has 0 aliphatic rings. The molecule has 0 fully saturated rings. The van der Waals surface area contributed by atoms with Crippen molar-refractivity contribution in [2.24, 2.45) is 0 Å². The molecule has 1 aromatic carbocycles. The maximum absolute atomic E-state index is 12.0. The number of halogens is 3. The third-order valence-corrected chi connectivity index (χ3v) is 5.05. The summed E-state index contributed by atoms with van der Waals surface area (Å²) in [5.41, 5.74) is 1.01. The van der Waals surface area contributed by atoms with Gasteiger partial charge in [-0.15, -0.1) is 12.6 Å². The number of hydrogen-bond donors (Lipinski definition) is 2. The third kappa shape index (κ3) is 13.8. The first-order valence-electron chi connectivity index (χ1n) is 10.1. The highest BCUT2D eigenvalue weighted by Crippen LogP contribution is 2.23. The lowest BCUT2D eigenvalue weighted by atomic mass is 10.0. The van der Waals surface area contributed by atoms with E-state index in [1.54, 1.807) is 0 Å². The molecule has 0 spiro atoms. The molecule has 5 heteroatoms. The van der Waals surface area contributed by atoms with Crippen LogP contribution in [-0.2, 0) is 0 Å². The summed E-state index contributed by atoms with van der Waals surface area (Å²) in [5, 5.41) is 10.0. The molecule has 27 heavy (non-hydrogen) atoms. The van der Waals surface area contributed by atoms with Crippen molar-refractivity contribution in [3.05, 3.63) is 35.9 Å². The molecule has 1 N–H and O–H groups in total. The minimum absolute atomic E-state index is 0.264. The normalized spacial score (nSPS) is 13.4. The summed E-state index contributed by atoms with van der Waals surface area (Å²) < 4.78 is 36.0. The molecule has 1 atom stereocenters. The molecule has 0 aromatic heterocycles. The Labute approximate surface area is 167 Å². The highest BCUT2D eigenvalue weighted by atomic mass is 32.1. The Morgan fingerprint density at radius 1 is 0.852 bits per heavy atom. The van der Waals surface area contributed by atoms with Crippen LogP contribution in [0, 0.1) is 0 Å². The number of hydrogen-bond acceptors (Lipinski definition) is 2. The van der Waals surface area contributed by atoms with Crippen molar-refractivity contribution in [1.29, 1.82) is 0 Å². The molecule has 0 saturated carbocycles. The van der Waals surface area contributed by atoms with Gasteiger partial charge in [-0.25, -0.2) is 0 Å². The summed E-state index contributed by atoms with van der Waals surface area (Å²) in [6.07, 6.45) is 9.04. The van der Waals surface area contributed by atoms with Gasteiger partial charge in [0.2, 0.25) is 0 Å². The van der Waals surface area contributed by atoms with E-state index < -0.39 is 18.7 Å². The minimum atomic E-state index is -4.00. The Balaban J connectivity index is 1.92. The summed E-state index contributed by atoms with van der Waals surface area (Å²) in [6.45, 7) is 0. The quantitative estimate of drug-likeness (QED) is 0.242. The van der Waals surface area contributed by atoms with Gasteiger partial charge in [0.1, 0.15) is 0 Å². The Morgan fingerprint density at radius 3 is 1.93 bits per heavy atom. The number of alkyl halides is 3. The minimum Gasteiger partial charge on any atom is -0.389 e. The second-order valence-electron chi connectivity index (χ2n) is 7.17. The predicted octanol–water partition coefficient (Wildman–Crippen LogP) is 7.59. The smallest absolute Gasteiger partial charge is 0.389 e. The molecule has 0 aliphatic heterocycles. The van der Waals surface area contributed by atoms with Crippen LogP contribution < -0.4 is 0 Å². The highest BCUT2D eigenvalue weighted by molar-refractivity contribution is 7.80. The van der Waals surface area contributed by atoms with Crippen LogP contribution in [0.4, 0.5) is 13.2 Å². The third-order valence-electron chi connectivity index (χ3n) is 4.64. The maximum Gasteiger partial charge on any atom is 0.389 e. The number of benzene rings is 1. The predicted molar refractivity (Wildman–Crippen MR) is 110 cm³/mol. The molecular formula is C22H33F3OS. The SMILES string of the molecule is OC(C=Cc1ccccc1S)CCCCCCCCCCCCC(F)(F)F. The Morgan fingerprint density at radius 2 is 1.37 bits per heavy atom. The maximum atomic E-state index is 12.0. The van der Waals surface area contributed by atoms with Gasteiger partial charge < -0.3 is 5.11 Å². The van der Waals surface area contributed by atoms with Crippen LogP contribution in [0.5, 0.6) is 0 Å². The van der Waals surface area contributed by atoms with Gasteiger partial charge in [-0.3, -0.25) is 0 Å². The molecule has 0 aliphatic carbocycles. The molecule has 0 radical (unpaired) electrons. The van der Waals surface area contributed by atoms with Gasteiger partial charge in [0.25, 0.3) is 0 Å². The second-order valence-corrected chi connectivity index (χ2v) is 7.66.